The summed E-state index contributed by atoms with van der Waals surface area (Å²) in [5, 5.41) is 0. The summed E-state index contributed by atoms with van der Waals surface area (Å²) in [5.74, 6) is 0.992. The quantitative estimate of drug-likeness (QED) is 0.361. The van der Waals surface area contributed by atoms with Crippen LogP contribution in [-0.2, 0) is 0 Å². The Morgan fingerprint density at radius 2 is 1.44 bits per heavy atom. The van der Waals surface area contributed by atoms with Crippen molar-refractivity contribution in [3.8, 4) is 28.0 Å². The molecule has 3 aromatic carbocycles. The van der Waals surface area contributed by atoms with E-state index >= 15 is 0 Å². The molecule has 1 aliphatic heterocycles. The van der Waals surface area contributed by atoms with E-state index in [9.17, 15) is 0 Å². The summed E-state index contributed by atoms with van der Waals surface area (Å²) in [6.45, 7) is 13.0. The zero-order valence-electron chi connectivity index (χ0n) is 21.5. The highest BCUT2D eigenvalue weighted by Gasteiger charge is 2.26. The van der Waals surface area contributed by atoms with Gasteiger partial charge in [0.15, 0.2) is 0 Å². The summed E-state index contributed by atoms with van der Waals surface area (Å²) >= 11 is 0. The number of nitrogens with two attached hydrogens (primary N) is 1. The van der Waals surface area contributed by atoms with Gasteiger partial charge in [-0.25, -0.2) is 0 Å². The molecule has 0 amide bonds. The molecular formula is C31H40N2O. The largest absolute Gasteiger partial charge is 0.493 e. The van der Waals surface area contributed by atoms with Crippen molar-refractivity contribution in [2.24, 2.45) is 5.73 Å². The minimum Gasteiger partial charge on any atom is -0.493 e. The van der Waals surface area contributed by atoms with Crippen molar-refractivity contribution in [1.29, 1.82) is 0 Å². The van der Waals surface area contributed by atoms with Crippen LogP contribution in [0, 0.1) is 13.8 Å². The Morgan fingerprint density at radius 3 is 2.09 bits per heavy atom. The van der Waals surface area contributed by atoms with Crippen LogP contribution in [0.5, 0.6) is 5.75 Å². The highest BCUT2D eigenvalue weighted by atomic mass is 16.5. The van der Waals surface area contributed by atoms with E-state index in [0.717, 1.165) is 30.9 Å². The van der Waals surface area contributed by atoms with Crippen molar-refractivity contribution in [3.05, 3.63) is 77.4 Å². The summed E-state index contributed by atoms with van der Waals surface area (Å²) in [4.78, 5) is 2.63. The van der Waals surface area contributed by atoms with Gasteiger partial charge in [-0.2, -0.15) is 0 Å². The summed E-state index contributed by atoms with van der Waals surface area (Å²) in [7, 11) is 0. The Kier molecular flexibility index (Phi) is 7.75. The van der Waals surface area contributed by atoms with Crippen molar-refractivity contribution in [3.63, 3.8) is 0 Å². The van der Waals surface area contributed by atoms with E-state index in [2.05, 4.69) is 93.3 Å². The third-order valence-electron chi connectivity index (χ3n) is 7.61. The molecule has 1 fully saturated rings. The minimum absolute atomic E-state index is 0.0500. The molecule has 1 saturated heterocycles. The Labute approximate surface area is 205 Å². The fourth-order valence-electron chi connectivity index (χ4n) is 5.39. The second-order valence-corrected chi connectivity index (χ2v) is 10.0. The lowest BCUT2D eigenvalue weighted by Crippen LogP contribution is -2.34. The second kappa shape index (κ2) is 10.8. The van der Waals surface area contributed by atoms with Gasteiger partial charge >= 0.3 is 0 Å². The second-order valence-electron chi connectivity index (χ2n) is 10.0. The normalized spacial score (nSPS) is 19.4. The number of rotatable bonds is 8. The molecule has 180 valence electrons. The van der Waals surface area contributed by atoms with Gasteiger partial charge in [-0.1, -0.05) is 54.6 Å². The van der Waals surface area contributed by atoms with Crippen molar-refractivity contribution >= 4 is 0 Å². The predicted octanol–water partition coefficient (Wildman–Crippen LogP) is 7.30. The molecule has 2 N–H and O–H groups in total. The molecule has 0 aromatic heterocycles. The molecule has 3 nitrogen and oxygen atoms in total. The Balaban J connectivity index is 1.50. The van der Waals surface area contributed by atoms with E-state index in [4.69, 9.17) is 10.5 Å². The summed E-state index contributed by atoms with van der Waals surface area (Å²) < 4.78 is 6.28. The summed E-state index contributed by atoms with van der Waals surface area (Å²) in [6, 6.07) is 23.1. The van der Waals surface area contributed by atoms with Gasteiger partial charge in [0.05, 0.1) is 6.61 Å². The van der Waals surface area contributed by atoms with Gasteiger partial charge < -0.3 is 10.5 Å². The molecule has 0 radical (unpaired) electrons. The van der Waals surface area contributed by atoms with Gasteiger partial charge in [-0.15, -0.1) is 0 Å². The SMILES string of the molecule is Cc1c(OCCCN2[C@H](C)CC[C@H]2C)cccc1-c1cccc(-c2ccc([C@@H](C)N)cc2)c1C. The Bertz CT molecular complexity index is 1090. The molecule has 3 aromatic rings. The molecule has 0 unspecified atom stereocenters. The zero-order chi connectivity index (χ0) is 24.2. The molecule has 0 bridgehead atoms. The first-order valence-electron chi connectivity index (χ1n) is 12.8. The van der Waals surface area contributed by atoms with Crippen LogP contribution < -0.4 is 10.5 Å². The van der Waals surface area contributed by atoms with E-state index < -0.39 is 0 Å². The van der Waals surface area contributed by atoms with Crippen LogP contribution in [0.15, 0.2) is 60.7 Å². The third-order valence-corrected chi connectivity index (χ3v) is 7.61. The molecule has 3 atom stereocenters. The number of benzene rings is 3. The number of hydrogen-bond donors (Lipinski definition) is 1. The van der Waals surface area contributed by atoms with Crippen LogP contribution in [0.4, 0.5) is 0 Å². The first-order valence-corrected chi connectivity index (χ1v) is 12.8. The molecule has 0 saturated carbocycles. The number of ether oxygens (including phenoxy) is 1. The van der Waals surface area contributed by atoms with E-state index in [0.29, 0.717) is 12.1 Å². The van der Waals surface area contributed by atoms with Gasteiger partial charge in [0.1, 0.15) is 5.75 Å². The van der Waals surface area contributed by atoms with Crippen molar-refractivity contribution < 1.29 is 4.74 Å². The van der Waals surface area contributed by atoms with Crippen LogP contribution in [0.25, 0.3) is 22.3 Å². The van der Waals surface area contributed by atoms with Crippen LogP contribution in [0.2, 0.25) is 0 Å². The highest BCUT2D eigenvalue weighted by molar-refractivity contribution is 5.80. The number of likely N-dealkylation sites (tertiary alicyclic amines) is 1. The van der Waals surface area contributed by atoms with Crippen molar-refractivity contribution in [1.82, 2.24) is 4.90 Å². The first kappa shape index (κ1) is 24.5. The van der Waals surface area contributed by atoms with Crippen LogP contribution in [0.3, 0.4) is 0 Å². The fourth-order valence-corrected chi connectivity index (χ4v) is 5.39. The van der Waals surface area contributed by atoms with Gasteiger partial charge in [0.2, 0.25) is 0 Å². The van der Waals surface area contributed by atoms with E-state index in [1.807, 2.05) is 6.92 Å². The molecule has 0 spiro atoms. The van der Waals surface area contributed by atoms with E-state index in [1.165, 1.54) is 46.2 Å². The van der Waals surface area contributed by atoms with E-state index in [-0.39, 0.29) is 6.04 Å². The first-order chi connectivity index (χ1) is 16.4. The molecular weight excluding hydrogens is 416 g/mol. The maximum absolute atomic E-state index is 6.28. The highest BCUT2D eigenvalue weighted by Crippen LogP contribution is 2.36. The average molecular weight is 457 g/mol. The lowest BCUT2D eigenvalue weighted by molar-refractivity contribution is 0.191. The molecule has 1 heterocycles. The topological polar surface area (TPSA) is 38.5 Å². The lowest BCUT2D eigenvalue weighted by Gasteiger charge is -2.25. The maximum Gasteiger partial charge on any atom is 0.122 e. The molecule has 0 aliphatic carbocycles. The summed E-state index contributed by atoms with van der Waals surface area (Å²) in [6.07, 6.45) is 3.69. The lowest BCUT2D eigenvalue weighted by atomic mass is 9.90. The molecule has 1 aliphatic rings. The third kappa shape index (κ3) is 5.21. The van der Waals surface area contributed by atoms with Crippen molar-refractivity contribution in [2.75, 3.05) is 13.2 Å². The number of nitrogens with zero attached hydrogens (tertiary/aromatic N) is 1. The van der Waals surface area contributed by atoms with Crippen LogP contribution >= 0.6 is 0 Å². The predicted molar refractivity (Wildman–Crippen MR) is 144 cm³/mol. The Hall–Kier alpha value is -2.62. The smallest absolute Gasteiger partial charge is 0.122 e. The van der Waals surface area contributed by atoms with Gasteiger partial charge in [0.25, 0.3) is 0 Å². The standard InChI is InChI=1S/C31H40N2O/c1-21-13-14-22(2)33(21)19-8-20-34-31-12-7-11-30(24(31)4)29-10-6-9-28(23(29)3)27-17-15-26(16-18-27)25(5)32/h6-7,9-12,15-18,21-22,25H,8,13-14,19-20,32H2,1-5H3/t21-,22-,25-/m1/s1. The molecule has 3 heteroatoms. The minimum atomic E-state index is 0.0500. The van der Waals surface area contributed by atoms with Crippen molar-refractivity contribution in [2.45, 2.75) is 72.0 Å². The van der Waals surface area contributed by atoms with Crippen LogP contribution in [0.1, 0.15) is 62.8 Å². The van der Waals surface area contributed by atoms with Gasteiger partial charge in [0, 0.05) is 24.7 Å². The Morgan fingerprint density at radius 1 is 0.853 bits per heavy atom. The molecule has 4 rings (SSSR count). The fraction of sp³-hybridized carbons (Fsp3) is 0.419. The number of hydrogen-bond acceptors (Lipinski definition) is 3. The van der Waals surface area contributed by atoms with Gasteiger partial charge in [-0.3, -0.25) is 4.90 Å². The maximum atomic E-state index is 6.28. The zero-order valence-corrected chi connectivity index (χ0v) is 21.5. The summed E-state index contributed by atoms with van der Waals surface area (Å²) in [5.41, 5.74) is 14.7. The average Bonchev–Trinajstić information content (AvgIpc) is 3.15. The van der Waals surface area contributed by atoms with Gasteiger partial charge in [-0.05, 0) is 98.9 Å². The molecule has 34 heavy (non-hydrogen) atoms. The monoisotopic (exact) mass is 456 g/mol. The van der Waals surface area contributed by atoms with E-state index in [1.54, 1.807) is 0 Å². The van der Waals surface area contributed by atoms with Crippen LogP contribution in [-0.4, -0.2) is 30.1 Å².